The molecule has 2 N–H and O–H groups in total. The first-order valence-electron chi connectivity index (χ1n) is 13.9. The standard InChI is InChI=1S/C37H26BNO2/c40-38(41)25-18-20-27(21-19-25)39(26-10-2-1-3-11-26)28-22-23-32-31-14-6-9-17-35(31)37(36(32)24-28)33-15-7-4-12-29(33)30-13-5-8-16-34(30)37/h1-24,40-41H. The average Bonchev–Trinajstić information content (AvgIpc) is 3.49. The van der Waals surface area contributed by atoms with Crippen molar-refractivity contribution in [2.24, 2.45) is 0 Å². The lowest BCUT2D eigenvalue weighted by Crippen LogP contribution is -2.29. The summed E-state index contributed by atoms with van der Waals surface area (Å²) in [6.45, 7) is 0. The quantitative estimate of drug-likeness (QED) is 0.238. The third-order valence-electron chi connectivity index (χ3n) is 8.70. The molecule has 1 spiro atoms. The van der Waals surface area contributed by atoms with Gasteiger partial charge in [-0.15, -0.1) is 0 Å². The summed E-state index contributed by atoms with van der Waals surface area (Å²) in [4.78, 5) is 2.23. The van der Waals surface area contributed by atoms with Crippen molar-refractivity contribution in [3.63, 3.8) is 0 Å². The maximum Gasteiger partial charge on any atom is 0.488 e. The molecule has 0 unspecified atom stereocenters. The lowest BCUT2D eigenvalue weighted by atomic mass is 9.70. The molecular weight excluding hydrogens is 501 g/mol. The molecule has 0 radical (unpaired) electrons. The van der Waals surface area contributed by atoms with Crippen LogP contribution in [0.15, 0.2) is 146 Å². The van der Waals surface area contributed by atoms with Crippen LogP contribution >= 0.6 is 0 Å². The van der Waals surface area contributed by atoms with E-state index < -0.39 is 12.5 Å². The molecule has 0 amide bonds. The Balaban J connectivity index is 1.41. The Hall–Kier alpha value is -4.90. The zero-order valence-electron chi connectivity index (χ0n) is 22.3. The fraction of sp³-hybridized carbons (Fsp3) is 0.0270. The van der Waals surface area contributed by atoms with Gasteiger partial charge in [0, 0.05) is 17.1 Å². The molecule has 0 heterocycles. The topological polar surface area (TPSA) is 43.7 Å². The number of nitrogens with zero attached hydrogens (tertiary/aromatic N) is 1. The minimum absolute atomic E-state index is 0.414. The van der Waals surface area contributed by atoms with Crippen molar-refractivity contribution in [2.75, 3.05) is 4.90 Å². The summed E-state index contributed by atoms with van der Waals surface area (Å²) in [5.41, 5.74) is 13.4. The number of para-hydroxylation sites is 1. The Kier molecular flexibility index (Phi) is 5.30. The first kappa shape index (κ1) is 23.9. The van der Waals surface area contributed by atoms with E-state index in [1.807, 2.05) is 30.3 Å². The number of benzene rings is 6. The molecular formula is C37H26BNO2. The van der Waals surface area contributed by atoms with E-state index in [0.717, 1.165) is 17.1 Å². The Morgan fingerprint density at radius 2 is 0.854 bits per heavy atom. The highest BCUT2D eigenvalue weighted by atomic mass is 16.4. The molecule has 2 aliphatic rings. The van der Waals surface area contributed by atoms with Crippen LogP contribution in [0.2, 0.25) is 0 Å². The summed E-state index contributed by atoms with van der Waals surface area (Å²) in [6, 6.07) is 51.1. The third-order valence-corrected chi connectivity index (χ3v) is 8.70. The number of hydrogen-bond donors (Lipinski definition) is 2. The van der Waals surface area contributed by atoms with Gasteiger partial charge in [-0.2, -0.15) is 0 Å². The van der Waals surface area contributed by atoms with Gasteiger partial charge in [0.25, 0.3) is 0 Å². The van der Waals surface area contributed by atoms with E-state index in [0.29, 0.717) is 5.46 Å². The van der Waals surface area contributed by atoms with Crippen molar-refractivity contribution < 1.29 is 10.0 Å². The van der Waals surface area contributed by atoms with Crippen LogP contribution in [0.1, 0.15) is 22.3 Å². The van der Waals surface area contributed by atoms with Crippen molar-refractivity contribution in [3.8, 4) is 22.3 Å². The van der Waals surface area contributed by atoms with Gasteiger partial charge < -0.3 is 14.9 Å². The zero-order chi connectivity index (χ0) is 27.6. The molecule has 41 heavy (non-hydrogen) atoms. The second kappa shape index (κ2) is 9.07. The van der Waals surface area contributed by atoms with Gasteiger partial charge in [-0.25, -0.2) is 0 Å². The molecule has 194 valence electrons. The molecule has 4 heteroatoms. The van der Waals surface area contributed by atoms with Gasteiger partial charge in [0.05, 0.1) is 5.41 Å². The van der Waals surface area contributed by atoms with Crippen molar-refractivity contribution in [1.29, 1.82) is 0 Å². The highest BCUT2D eigenvalue weighted by molar-refractivity contribution is 6.58. The lowest BCUT2D eigenvalue weighted by molar-refractivity contribution is 0.426. The van der Waals surface area contributed by atoms with Crippen LogP contribution in [0, 0.1) is 0 Å². The molecule has 0 bridgehead atoms. The van der Waals surface area contributed by atoms with Crippen molar-refractivity contribution in [1.82, 2.24) is 0 Å². The van der Waals surface area contributed by atoms with Gasteiger partial charge in [0.2, 0.25) is 0 Å². The van der Waals surface area contributed by atoms with Crippen molar-refractivity contribution in [3.05, 3.63) is 168 Å². The fourth-order valence-corrected chi connectivity index (χ4v) is 7.04. The Labute approximate surface area is 239 Å². The van der Waals surface area contributed by atoms with Gasteiger partial charge >= 0.3 is 7.12 Å². The number of anilines is 3. The van der Waals surface area contributed by atoms with Crippen molar-refractivity contribution >= 4 is 29.6 Å². The minimum Gasteiger partial charge on any atom is -0.423 e. The molecule has 3 nitrogen and oxygen atoms in total. The van der Waals surface area contributed by atoms with Gasteiger partial charge in [-0.05, 0) is 86.4 Å². The summed E-state index contributed by atoms with van der Waals surface area (Å²) < 4.78 is 0. The summed E-state index contributed by atoms with van der Waals surface area (Å²) in [5.74, 6) is 0. The maximum absolute atomic E-state index is 9.70. The second-order valence-corrected chi connectivity index (χ2v) is 10.8. The highest BCUT2D eigenvalue weighted by Crippen LogP contribution is 2.63. The Bertz CT molecular complexity index is 1870. The number of fused-ring (bicyclic) bond motifs is 10. The lowest BCUT2D eigenvalue weighted by Gasteiger charge is -2.32. The molecule has 0 saturated carbocycles. The average molecular weight is 527 g/mol. The normalized spacial score (nSPS) is 13.3. The number of hydrogen-bond acceptors (Lipinski definition) is 3. The first-order valence-corrected chi connectivity index (χ1v) is 13.9. The smallest absolute Gasteiger partial charge is 0.423 e. The minimum atomic E-state index is -1.50. The summed E-state index contributed by atoms with van der Waals surface area (Å²) >= 11 is 0. The zero-order valence-corrected chi connectivity index (χ0v) is 22.3. The molecule has 6 aromatic rings. The predicted octanol–water partition coefficient (Wildman–Crippen LogP) is 7.18. The molecule has 8 rings (SSSR count). The van der Waals surface area contributed by atoms with Crippen LogP contribution in [0.5, 0.6) is 0 Å². The summed E-state index contributed by atoms with van der Waals surface area (Å²) in [5, 5.41) is 19.4. The molecule has 0 fully saturated rings. The Morgan fingerprint density at radius 3 is 1.39 bits per heavy atom. The molecule has 0 aliphatic heterocycles. The monoisotopic (exact) mass is 527 g/mol. The van der Waals surface area contributed by atoms with Gasteiger partial charge in [-0.1, -0.05) is 109 Å². The maximum atomic E-state index is 9.70. The van der Waals surface area contributed by atoms with E-state index in [2.05, 4.69) is 108 Å². The molecule has 0 saturated heterocycles. The van der Waals surface area contributed by atoms with Crippen LogP contribution in [0.25, 0.3) is 22.3 Å². The van der Waals surface area contributed by atoms with Crippen LogP contribution in [0.3, 0.4) is 0 Å². The van der Waals surface area contributed by atoms with E-state index in [-0.39, 0.29) is 0 Å². The van der Waals surface area contributed by atoms with E-state index in [9.17, 15) is 10.0 Å². The van der Waals surface area contributed by atoms with Gasteiger partial charge in [0.1, 0.15) is 0 Å². The van der Waals surface area contributed by atoms with Crippen LogP contribution in [-0.2, 0) is 5.41 Å². The predicted molar refractivity (Wildman–Crippen MR) is 167 cm³/mol. The molecule has 0 aromatic heterocycles. The highest BCUT2D eigenvalue weighted by Gasteiger charge is 2.51. The first-order chi connectivity index (χ1) is 20.2. The molecule has 6 aromatic carbocycles. The number of rotatable bonds is 4. The molecule has 0 atom stereocenters. The SMILES string of the molecule is OB(O)c1ccc(N(c2ccccc2)c2ccc3c(c2)C2(c4ccccc4-c4ccccc42)c2ccccc2-3)cc1. The fourth-order valence-electron chi connectivity index (χ4n) is 7.04. The summed E-state index contributed by atoms with van der Waals surface area (Å²) in [7, 11) is -1.50. The van der Waals surface area contributed by atoms with E-state index in [4.69, 9.17) is 0 Å². The molecule has 2 aliphatic carbocycles. The van der Waals surface area contributed by atoms with Crippen LogP contribution in [0.4, 0.5) is 17.1 Å². The third kappa shape index (κ3) is 3.35. The van der Waals surface area contributed by atoms with Crippen LogP contribution < -0.4 is 10.4 Å². The van der Waals surface area contributed by atoms with E-state index in [1.54, 1.807) is 12.1 Å². The summed E-state index contributed by atoms with van der Waals surface area (Å²) in [6.07, 6.45) is 0. The van der Waals surface area contributed by atoms with E-state index in [1.165, 1.54) is 44.5 Å². The van der Waals surface area contributed by atoms with Crippen molar-refractivity contribution in [2.45, 2.75) is 5.41 Å². The van der Waals surface area contributed by atoms with Crippen LogP contribution in [-0.4, -0.2) is 17.2 Å². The van der Waals surface area contributed by atoms with E-state index >= 15 is 0 Å². The van der Waals surface area contributed by atoms with Gasteiger partial charge in [0.15, 0.2) is 0 Å². The largest absolute Gasteiger partial charge is 0.488 e. The Morgan fingerprint density at radius 1 is 0.415 bits per heavy atom. The van der Waals surface area contributed by atoms with Gasteiger partial charge in [-0.3, -0.25) is 0 Å². The second-order valence-electron chi connectivity index (χ2n) is 10.8.